The molecular weight excluding hydrogens is 498 g/mol. The SMILES string of the molecule is O=C(O)C1CCC(N2CCC(c3ccc4c(c3)C3(CCCCC3)c3nc(=O)c5c(Cl)cccc5n3-4)CC2)C1. The summed E-state index contributed by atoms with van der Waals surface area (Å²) in [6.07, 6.45) is 10.4. The summed E-state index contributed by atoms with van der Waals surface area (Å²) in [5, 5.41) is 10.4. The number of carboxylic acids is 1. The van der Waals surface area contributed by atoms with Gasteiger partial charge in [-0.3, -0.25) is 14.2 Å². The fourth-order valence-corrected chi connectivity index (χ4v) is 8.31. The van der Waals surface area contributed by atoms with Crippen LogP contribution in [0.25, 0.3) is 16.6 Å². The minimum atomic E-state index is -0.635. The molecule has 38 heavy (non-hydrogen) atoms. The van der Waals surface area contributed by atoms with Gasteiger partial charge in [-0.2, -0.15) is 4.98 Å². The number of piperidine rings is 1. The van der Waals surface area contributed by atoms with E-state index in [0.717, 1.165) is 87.9 Å². The lowest BCUT2D eigenvalue weighted by molar-refractivity contribution is -0.141. The zero-order valence-electron chi connectivity index (χ0n) is 21.7. The molecule has 2 unspecified atom stereocenters. The predicted octanol–water partition coefficient (Wildman–Crippen LogP) is 6.04. The Morgan fingerprint density at radius 1 is 1.03 bits per heavy atom. The topological polar surface area (TPSA) is 75.4 Å². The van der Waals surface area contributed by atoms with Crippen LogP contribution in [0.15, 0.2) is 41.2 Å². The molecule has 2 atom stereocenters. The molecule has 2 aliphatic carbocycles. The summed E-state index contributed by atoms with van der Waals surface area (Å²) in [7, 11) is 0. The van der Waals surface area contributed by atoms with Crippen LogP contribution in [-0.2, 0) is 10.2 Å². The summed E-state index contributed by atoms with van der Waals surface area (Å²) in [5.41, 5.74) is 4.29. The van der Waals surface area contributed by atoms with E-state index < -0.39 is 5.97 Å². The smallest absolute Gasteiger partial charge is 0.306 e. The highest BCUT2D eigenvalue weighted by Gasteiger charge is 2.47. The molecule has 0 amide bonds. The van der Waals surface area contributed by atoms with Gasteiger partial charge >= 0.3 is 5.97 Å². The van der Waals surface area contributed by atoms with Crippen LogP contribution in [0.5, 0.6) is 0 Å². The van der Waals surface area contributed by atoms with Crippen LogP contribution in [0.4, 0.5) is 0 Å². The minimum Gasteiger partial charge on any atom is -0.481 e. The Morgan fingerprint density at radius 3 is 2.55 bits per heavy atom. The van der Waals surface area contributed by atoms with Crippen molar-refractivity contribution in [1.82, 2.24) is 14.5 Å². The zero-order valence-corrected chi connectivity index (χ0v) is 22.4. The summed E-state index contributed by atoms with van der Waals surface area (Å²) in [6.45, 7) is 2.06. The van der Waals surface area contributed by atoms with Gasteiger partial charge in [0, 0.05) is 6.04 Å². The average Bonchev–Trinajstić information content (AvgIpc) is 3.52. The van der Waals surface area contributed by atoms with Crippen molar-refractivity contribution in [1.29, 1.82) is 0 Å². The number of carboxylic acid groups (broad SMARTS) is 1. The number of likely N-dealkylation sites (tertiary alicyclic amines) is 1. The minimum absolute atomic E-state index is 0.172. The van der Waals surface area contributed by atoms with Gasteiger partial charge in [0.25, 0.3) is 5.56 Å². The molecule has 1 saturated heterocycles. The molecule has 2 aliphatic heterocycles. The maximum absolute atomic E-state index is 13.2. The van der Waals surface area contributed by atoms with Gasteiger partial charge in [0.1, 0.15) is 5.82 Å². The lowest BCUT2D eigenvalue weighted by atomic mass is 9.69. The highest BCUT2D eigenvalue weighted by molar-refractivity contribution is 6.35. The van der Waals surface area contributed by atoms with Crippen molar-refractivity contribution >= 4 is 28.5 Å². The molecule has 4 aliphatic rings. The molecule has 1 aromatic heterocycles. The second kappa shape index (κ2) is 9.20. The second-order valence-electron chi connectivity index (χ2n) is 11.9. The summed E-state index contributed by atoms with van der Waals surface area (Å²) in [5.74, 6) is 0.587. The predicted molar refractivity (Wildman–Crippen MR) is 149 cm³/mol. The molecule has 7 heteroatoms. The van der Waals surface area contributed by atoms with Crippen molar-refractivity contribution in [2.45, 2.75) is 81.6 Å². The monoisotopic (exact) mass is 531 g/mol. The van der Waals surface area contributed by atoms with Crippen molar-refractivity contribution in [3.63, 3.8) is 0 Å². The number of fused-ring (bicyclic) bond motifs is 7. The fraction of sp³-hybridized carbons (Fsp3) is 0.516. The highest BCUT2D eigenvalue weighted by Crippen LogP contribution is 2.52. The average molecular weight is 532 g/mol. The zero-order chi connectivity index (χ0) is 26.0. The lowest BCUT2D eigenvalue weighted by Gasteiger charge is -2.37. The number of benzene rings is 2. The first-order valence-electron chi connectivity index (χ1n) is 14.3. The lowest BCUT2D eigenvalue weighted by Crippen LogP contribution is -2.40. The molecule has 0 radical (unpaired) electrons. The largest absolute Gasteiger partial charge is 0.481 e. The molecule has 3 fully saturated rings. The van der Waals surface area contributed by atoms with E-state index in [0.29, 0.717) is 22.4 Å². The third-order valence-corrected chi connectivity index (χ3v) is 10.4. The molecule has 2 saturated carbocycles. The molecular formula is C31H34ClN3O3. The molecule has 7 rings (SSSR count). The summed E-state index contributed by atoms with van der Waals surface area (Å²) >= 11 is 6.49. The third kappa shape index (κ3) is 3.67. The molecule has 0 bridgehead atoms. The molecule has 6 nitrogen and oxygen atoms in total. The quantitative estimate of drug-likeness (QED) is 0.446. The van der Waals surface area contributed by atoms with Crippen molar-refractivity contribution in [3.05, 3.63) is 68.7 Å². The van der Waals surface area contributed by atoms with Gasteiger partial charge in [-0.1, -0.05) is 49.1 Å². The molecule has 198 valence electrons. The van der Waals surface area contributed by atoms with Crippen LogP contribution in [0.1, 0.15) is 87.1 Å². The standard InChI is InChI=1S/C31H34ClN3O3/c32-24-5-4-6-26-27(24)28(36)33-30-31(13-2-1-3-14-31)23-18-20(8-10-25(23)35(26)30)19-11-15-34(16-12-19)22-9-7-21(17-22)29(37)38/h4-6,8,10,18-19,21-22H,1-3,7,9,11-17H2,(H,37,38). The summed E-state index contributed by atoms with van der Waals surface area (Å²) in [6, 6.07) is 13.1. The number of aliphatic carboxylic acids is 1. The van der Waals surface area contributed by atoms with Gasteiger partial charge in [-0.25, -0.2) is 0 Å². The third-order valence-electron chi connectivity index (χ3n) is 10.0. The van der Waals surface area contributed by atoms with Gasteiger partial charge < -0.3 is 10.0 Å². The number of rotatable bonds is 3. The van der Waals surface area contributed by atoms with E-state index in [2.05, 4.69) is 27.7 Å². The van der Waals surface area contributed by atoms with Crippen molar-refractivity contribution in [2.75, 3.05) is 13.1 Å². The number of nitrogens with zero attached hydrogens (tertiary/aromatic N) is 3. The molecule has 1 spiro atoms. The van der Waals surface area contributed by atoms with E-state index in [1.165, 1.54) is 17.5 Å². The molecule has 2 aromatic carbocycles. The number of halogens is 1. The maximum Gasteiger partial charge on any atom is 0.306 e. The van der Waals surface area contributed by atoms with E-state index in [4.69, 9.17) is 16.6 Å². The van der Waals surface area contributed by atoms with E-state index in [9.17, 15) is 14.7 Å². The van der Waals surface area contributed by atoms with E-state index >= 15 is 0 Å². The van der Waals surface area contributed by atoms with Gasteiger partial charge in [0.05, 0.1) is 32.9 Å². The van der Waals surface area contributed by atoms with E-state index in [1.807, 2.05) is 12.1 Å². The Labute approximate surface area is 227 Å². The van der Waals surface area contributed by atoms with Gasteiger partial charge in [0.15, 0.2) is 0 Å². The molecule has 3 heterocycles. The number of hydrogen-bond acceptors (Lipinski definition) is 4. The summed E-state index contributed by atoms with van der Waals surface area (Å²) < 4.78 is 2.22. The highest BCUT2D eigenvalue weighted by atomic mass is 35.5. The second-order valence-corrected chi connectivity index (χ2v) is 12.3. The van der Waals surface area contributed by atoms with Gasteiger partial charge in [-0.15, -0.1) is 0 Å². The fourth-order valence-electron chi connectivity index (χ4n) is 8.06. The molecule has 1 N–H and O–H groups in total. The van der Waals surface area contributed by atoms with Gasteiger partial charge in [0.2, 0.25) is 0 Å². The Bertz CT molecular complexity index is 1480. The number of hydrogen-bond donors (Lipinski definition) is 1. The van der Waals surface area contributed by atoms with E-state index in [1.54, 1.807) is 6.07 Å². The first-order chi connectivity index (χ1) is 18.5. The van der Waals surface area contributed by atoms with Crippen molar-refractivity contribution in [3.8, 4) is 5.69 Å². The normalized spacial score (nSPS) is 25.1. The number of carbonyl (C=O) groups is 1. The van der Waals surface area contributed by atoms with Crippen LogP contribution in [0.2, 0.25) is 5.02 Å². The Balaban J connectivity index is 1.23. The first kappa shape index (κ1) is 24.3. The van der Waals surface area contributed by atoms with Crippen LogP contribution >= 0.6 is 11.6 Å². The first-order valence-corrected chi connectivity index (χ1v) is 14.7. The van der Waals surface area contributed by atoms with Crippen molar-refractivity contribution in [2.24, 2.45) is 5.92 Å². The van der Waals surface area contributed by atoms with Crippen molar-refractivity contribution < 1.29 is 9.90 Å². The molecule has 3 aromatic rings. The van der Waals surface area contributed by atoms with Crippen LogP contribution in [0, 0.1) is 5.92 Å². The number of aromatic nitrogens is 2. The Kier molecular flexibility index (Phi) is 5.89. The van der Waals surface area contributed by atoms with Crippen LogP contribution in [-0.4, -0.2) is 44.7 Å². The van der Waals surface area contributed by atoms with Gasteiger partial charge in [-0.05, 0) is 93.3 Å². The Hall–Kier alpha value is -2.70. The van der Waals surface area contributed by atoms with Crippen LogP contribution < -0.4 is 5.56 Å². The Morgan fingerprint density at radius 2 is 1.82 bits per heavy atom. The van der Waals surface area contributed by atoms with Crippen LogP contribution in [0.3, 0.4) is 0 Å². The summed E-state index contributed by atoms with van der Waals surface area (Å²) in [4.78, 5) is 31.9. The van der Waals surface area contributed by atoms with E-state index in [-0.39, 0.29) is 16.9 Å². The maximum atomic E-state index is 13.2.